The second kappa shape index (κ2) is 5.88. The number of nitrogens with two attached hydrogens (primary N) is 1. The molecule has 0 bridgehead atoms. The van der Waals surface area contributed by atoms with E-state index in [1.807, 2.05) is 22.5 Å². The van der Waals surface area contributed by atoms with Crippen LogP contribution in [0.4, 0.5) is 0 Å². The van der Waals surface area contributed by atoms with Crippen molar-refractivity contribution >= 4 is 15.9 Å². The molecule has 1 unspecified atom stereocenters. The maximum absolute atomic E-state index is 6.29. The van der Waals surface area contributed by atoms with Crippen molar-refractivity contribution in [2.75, 3.05) is 0 Å². The van der Waals surface area contributed by atoms with Crippen LogP contribution in [0.2, 0.25) is 0 Å². The van der Waals surface area contributed by atoms with Gasteiger partial charge >= 0.3 is 0 Å². The average Bonchev–Trinajstić information content (AvgIpc) is 2.95. The van der Waals surface area contributed by atoms with Crippen LogP contribution in [0.1, 0.15) is 37.0 Å². The smallest absolute Gasteiger partial charge is 0.0946 e. The zero-order valence-electron chi connectivity index (χ0n) is 11.6. The molecule has 6 heteroatoms. The van der Waals surface area contributed by atoms with Crippen LogP contribution in [0.5, 0.6) is 0 Å². The van der Waals surface area contributed by atoms with Gasteiger partial charge in [-0.05, 0) is 29.3 Å². The van der Waals surface area contributed by atoms with E-state index in [1.165, 1.54) is 0 Å². The van der Waals surface area contributed by atoms with E-state index < -0.39 is 0 Å². The van der Waals surface area contributed by atoms with Gasteiger partial charge in [-0.1, -0.05) is 6.92 Å². The Bertz CT molecular complexity index is 557. The Morgan fingerprint density at radius 2 is 2.16 bits per heavy atom. The molecule has 0 saturated carbocycles. The average molecular weight is 326 g/mol. The van der Waals surface area contributed by atoms with E-state index in [9.17, 15) is 0 Å². The first-order valence-corrected chi connectivity index (χ1v) is 7.33. The molecule has 0 aliphatic rings. The lowest BCUT2D eigenvalue weighted by atomic mass is 10.1. The van der Waals surface area contributed by atoms with Gasteiger partial charge in [-0.15, -0.1) is 0 Å². The van der Waals surface area contributed by atoms with Crippen molar-refractivity contribution in [3.63, 3.8) is 0 Å². The lowest BCUT2D eigenvalue weighted by molar-refractivity contribution is 0.571. The Morgan fingerprint density at radius 1 is 1.42 bits per heavy atom. The lowest BCUT2D eigenvalue weighted by Crippen LogP contribution is -2.18. The molecule has 1 atom stereocenters. The molecule has 19 heavy (non-hydrogen) atoms. The maximum Gasteiger partial charge on any atom is 0.0946 e. The molecule has 104 valence electrons. The maximum atomic E-state index is 6.29. The number of rotatable bonds is 5. The molecular weight excluding hydrogens is 306 g/mol. The molecule has 0 fully saturated rings. The summed E-state index contributed by atoms with van der Waals surface area (Å²) in [6.45, 7) is 5.06. The topological polar surface area (TPSA) is 61.7 Å². The molecule has 5 nitrogen and oxygen atoms in total. The zero-order chi connectivity index (χ0) is 14.0. The summed E-state index contributed by atoms with van der Waals surface area (Å²) in [6, 6.07) is -0.0736. The van der Waals surface area contributed by atoms with Crippen LogP contribution in [0, 0.1) is 0 Å². The molecule has 2 rings (SSSR count). The van der Waals surface area contributed by atoms with Gasteiger partial charge in [0.15, 0.2) is 0 Å². The van der Waals surface area contributed by atoms with E-state index >= 15 is 0 Å². The summed E-state index contributed by atoms with van der Waals surface area (Å²) in [7, 11) is 1.96. The Morgan fingerprint density at radius 3 is 2.68 bits per heavy atom. The fraction of sp³-hybridized carbons (Fsp3) is 0.538. The molecule has 0 amide bonds. The molecule has 0 spiro atoms. The number of nitrogens with zero attached hydrogens (tertiary/aromatic N) is 4. The predicted molar refractivity (Wildman–Crippen MR) is 78.8 cm³/mol. The molecule has 2 heterocycles. The van der Waals surface area contributed by atoms with Gasteiger partial charge in [0, 0.05) is 26.2 Å². The summed E-state index contributed by atoms with van der Waals surface area (Å²) in [5.41, 5.74) is 9.58. The largest absolute Gasteiger partial charge is 0.336 e. The number of hydrogen-bond donors (Lipinski definition) is 1. The SMILES string of the molecule is CCc1nn(CC)c(CC(N)c2cncn2C)c1Br. The first kappa shape index (κ1) is 14.3. The van der Waals surface area contributed by atoms with Gasteiger partial charge in [0.05, 0.1) is 33.9 Å². The highest BCUT2D eigenvalue weighted by Gasteiger charge is 2.18. The van der Waals surface area contributed by atoms with Crippen LogP contribution >= 0.6 is 15.9 Å². The third kappa shape index (κ3) is 2.74. The predicted octanol–water partition coefficient (Wildman–Crippen LogP) is 2.20. The highest BCUT2D eigenvalue weighted by Crippen LogP contribution is 2.26. The first-order chi connectivity index (χ1) is 9.08. The van der Waals surface area contributed by atoms with Gasteiger partial charge in [0.25, 0.3) is 0 Å². The Kier molecular flexibility index (Phi) is 4.42. The summed E-state index contributed by atoms with van der Waals surface area (Å²) in [5.74, 6) is 0. The van der Waals surface area contributed by atoms with Gasteiger partial charge < -0.3 is 10.3 Å². The van der Waals surface area contributed by atoms with E-state index in [1.54, 1.807) is 6.33 Å². The highest BCUT2D eigenvalue weighted by molar-refractivity contribution is 9.10. The van der Waals surface area contributed by atoms with Crippen molar-refractivity contribution in [3.8, 4) is 0 Å². The molecule has 0 saturated heterocycles. The number of halogens is 1. The molecule has 0 radical (unpaired) electrons. The number of aromatic nitrogens is 4. The van der Waals surface area contributed by atoms with E-state index in [4.69, 9.17) is 5.73 Å². The van der Waals surface area contributed by atoms with E-state index in [-0.39, 0.29) is 6.04 Å². The van der Waals surface area contributed by atoms with E-state index in [2.05, 4.69) is 39.9 Å². The third-order valence-electron chi connectivity index (χ3n) is 3.34. The first-order valence-electron chi connectivity index (χ1n) is 6.54. The minimum absolute atomic E-state index is 0.0736. The Balaban J connectivity index is 2.28. The number of imidazole rings is 1. The molecule has 0 aliphatic heterocycles. The fourth-order valence-electron chi connectivity index (χ4n) is 2.25. The van der Waals surface area contributed by atoms with Crippen molar-refractivity contribution in [2.45, 2.75) is 39.3 Å². The molecule has 2 aromatic heterocycles. The van der Waals surface area contributed by atoms with Gasteiger partial charge in [0.2, 0.25) is 0 Å². The van der Waals surface area contributed by atoms with Crippen molar-refractivity contribution in [1.82, 2.24) is 19.3 Å². The van der Waals surface area contributed by atoms with Gasteiger partial charge in [-0.3, -0.25) is 4.68 Å². The number of aryl methyl sites for hydroxylation is 3. The Hall–Kier alpha value is -1.14. The van der Waals surface area contributed by atoms with Gasteiger partial charge in [-0.2, -0.15) is 5.10 Å². The van der Waals surface area contributed by atoms with Crippen molar-refractivity contribution in [2.24, 2.45) is 12.8 Å². The summed E-state index contributed by atoms with van der Waals surface area (Å²) >= 11 is 3.65. The van der Waals surface area contributed by atoms with Crippen LogP contribution < -0.4 is 5.73 Å². The molecule has 0 aromatic carbocycles. The second-order valence-corrected chi connectivity index (χ2v) is 5.41. The fourth-order valence-corrected chi connectivity index (χ4v) is 2.98. The minimum Gasteiger partial charge on any atom is -0.336 e. The van der Waals surface area contributed by atoms with Crippen LogP contribution in [0.15, 0.2) is 17.0 Å². The molecule has 2 N–H and O–H groups in total. The summed E-state index contributed by atoms with van der Waals surface area (Å²) in [6.07, 6.45) is 5.27. The summed E-state index contributed by atoms with van der Waals surface area (Å²) in [4.78, 5) is 4.12. The van der Waals surface area contributed by atoms with Crippen LogP contribution in [-0.2, 0) is 26.4 Å². The quantitative estimate of drug-likeness (QED) is 0.916. The van der Waals surface area contributed by atoms with Crippen molar-refractivity contribution in [3.05, 3.63) is 34.1 Å². The minimum atomic E-state index is -0.0736. The Labute approximate surface area is 121 Å². The van der Waals surface area contributed by atoms with Crippen molar-refractivity contribution in [1.29, 1.82) is 0 Å². The summed E-state index contributed by atoms with van der Waals surface area (Å²) < 4.78 is 5.08. The van der Waals surface area contributed by atoms with E-state index in [0.717, 1.165) is 40.9 Å². The standard InChI is InChI=1S/C13H20BrN5/c1-4-10-13(14)11(19(5-2)17-10)6-9(15)12-7-16-8-18(12)3/h7-9H,4-6,15H2,1-3H3. The monoisotopic (exact) mass is 325 g/mol. The van der Waals surface area contributed by atoms with Crippen LogP contribution in [0.3, 0.4) is 0 Å². The van der Waals surface area contributed by atoms with Gasteiger partial charge in [0.1, 0.15) is 0 Å². The molecule has 2 aromatic rings. The highest BCUT2D eigenvalue weighted by atomic mass is 79.9. The normalized spacial score (nSPS) is 12.9. The van der Waals surface area contributed by atoms with E-state index in [0.29, 0.717) is 0 Å². The van der Waals surface area contributed by atoms with Gasteiger partial charge in [-0.25, -0.2) is 4.98 Å². The second-order valence-electron chi connectivity index (χ2n) is 4.62. The zero-order valence-corrected chi connectivity index (χ0v) is 13.2. The lowest BCUT2D eigenvalue weighted by Gasteiger charge is -2.13. The summed E-state index contributed by atoms with van der Waals surface area (Å²) in [5, 5.41) is 4.60. The molecule has 0 aliphatic carbocycles. The van der Waals surface area contributed by atoms with Crippen LogP contribution in [-0.4, -0.2) is 19.3 Å². The number of hydrogen-bond acceptors (Lipinski definition) is 3. The molecular formula is C13H20BrN5. The van der Waals surface area contributed by atoms with Crippen LogP contribution in [0.25, 0.3) is 0 Å². The third-order valence-corrected chi connectivity index (χ3v) is 4.26. The van der Waals surface area contributed by atoms with Crippen molar-refractivity contribution < 1.29 is 0 Å².